The van der Waals surface area contributed by atoms with Gasteiger partial charge < -0.3 is 0 Å². The third-order valence-corrected chi connectivity index (χ3v) is 2.59. The predicted octanol–water partition coefficient (Wildman–Crippen LogP) is 4.06. The van der Waals surface area contributed by atoms with Gasteiger partial charge in [0, 0.05) is 10.4 Å². The van der Waals surface area contributed by atoms with Crippen LogP contribution >= 0.6 is 11.6 Å². The van der Waals surface area contributed by atoms with Gasteiger partial charge >= 0.3 is 0 Å². The van der Waals surface area contributed by atoms with Crippen molar-refractivity contribution in [1.29, 1.82) is 0 Å². The lowest BCUT2D eigenvalue weighted by Gasteiger charge is -2.03. The molecule has 0 aliphatic carbocycles. The molecule has 0 nitrogen and oxygen atoms in total. The van der Waals surface area contributed by atoms with Crippen LogP contribution in [0.2, 0.25) is 5.02 Å². The number of rotatable bonds is 1. The third kappa shape index (κ3) is 1.54. The molecule has 0 N–H and O–H groups in total. The molecule has 66 valence electrons. The molecule has 0 aliphatic heterocycles. The fourth-order valence-electron chi connectivity index (χ4n) is 1.53. The largest absolute Gasteiger partial charge is 0.0837 e. The molecule has 2 aromatic carbocycles. The average Bonchev–Trinajstić information content (AvgIpc) is 2.18. The predicted molar refractivity (Wildman–Crippen MR) is 58.3 cm³/mol. The van der Waals surface area contributed by atoms with Crippen LogP contribution in [0.1, 0.15) is 12.5 Å². The number of fused-ring (bicyclic) bond motifs is 1. The Kier molecular flexibility index (Phi) is 2.24. The molecule has 0 aliphatic rings. The van der Waals surface area contributed by atoms with E-state index in [0.717, 1.165) is 16.8 Å². The van der Waals surface area contributed by atoms with Gasteiger partial charge in [-0.05, 0) is 23.4 Å². The summed E-state index contributed by atoms with van der Waals surface area (Å²) in [5, 5.41) is 3.23. The van der Waals surface area contributed by atoms with Crippen molar-refractivity contribution in [3.8, 4) is 0 Å². The zero-order valence-corrected chi connectivity index (χ0v) is 8.31. The Labute approximate surface area is 83.1 Å². The second-order valence-corrected chi connectivity index (χ2v) is 3.56. The van der Waals surface area contributed by atoms with Gasteiger partial charge in [-0.3, -0.25) is 0 Å². The van der Waals surface area contributed by atoms with Crippen LogP contribution in [0.5, 0.6) is 0 Å². The van der Waals surface area contributed by atoms with Crippen LogP contribution in [0.3, 0.4) is 0 Å². The minimum absolute atomic E-state index is 0.856. The summed E-state index contributed by atoms with van der Waals surface area (Å²) in [4.78, 5) is 0. The lowest BCUT2D eigenvalue weighted by atomic mass is 10.1. The summed E-state index contributed by atoms with van der Waals surface area (Å²) >= 11 is 6.14. The summed E-state index contributed by atoms with van der Waals surface area (Å²) in [6.07, 6.45) is 1.03. The van der Waals surface area contributed by atoms with Crippen LogP contribution in [-0.2, 0) is 6.42 Å². The number of benzene rings is 2. The van der Waals surface area contributed by atoms with E-state index in [4.69, 9.17) is 11.6 Å². The third-order valence-electron chi connectivity index (χ3n) is 2.28. The minimum Gasteiger partial charge on any atom is -0.0837 e. The van der Waals surface area contributed by atoms with Gasteiger partial charge in [-0.2, -0.15) is 0 Å². The molecule has 0 unspecified atom stereocenters. The summed E-state index contributed by atoms with van der Waals surface area (Å²) in [5.41, 5.74) is 1.30. The molecular weight excluding hydrogens is 180 g/mol. The molecule has 2 rings (SSSR count). The van der Waals surface area contributed by atoms with Gasteiger partial charge in [0.25, 0.3) is 0 Å². The molecule has 0 fully saturated rings. The van der Waals surface area contributed by atoms with Gasteiger partial charge in [-0.1, -0.05) is 48.9 Å². The maximum atomic E-state index is 6.14. The SMILES string of the molecule is CCc1cc(Cl)c2ccccc2c1. The van der Waals surface area contributed by atoms with E-state index in [-0.39, 0.29) is 0 Å². The zero-order valence-electron chi connectivity index (χ0n) is 7.55. The first-order valence-electron chi connectivity index (χ1n) is 4.48. The maximum absolute atomic E-state index is 6.14. The highest BCUT2D eigenvalue weighted by Crippen LogP contribution is 2.25. The smallest absolute Gasteiger partial charge is 0.0487 e. The fraction of sp³-hybridized carbons (Fsp3) is 0.167. The molecule has 0 saturated heterocycles. The van der Waals surface area contributed by atoms with E-state index >= 15 is 0 Å². The number of hydrogen-bond acceptors (Lipinski definition) is 0. The molecule has 0 aromatic heterocycles. The first kappa shape index (κ1) is 8.58. The number of aryl methyl sites for hydroxylation is 1. The highest BCUT2D eigenvalue weighted by Gasteiger charge is 1.99. The average molecular weight is 191 g/mol. The Morgan fingerprint density at radius 3 is 2.69 bits per heavy atom. The van der Waals surface area contributed by atoms with Crippen molar-refractivity contribution in [2.45, 2.75) is 13.3 Å². The quantitative estimate of drug-likeness (QED) is 0.637. The molecule has 0 amide bonds. The normalized spacial score (nSPS) is 10.6. The molecule has 0 saturated carbocycles. The van der Waals surface area contributed by atoms with Crippen molar-refractivity contribution in [2.24, 2.45) is 0 Å². The standard InChI is InChI=1S/C12H11Cl/c1-2-9-7-10-5-3-4-6-11(10)12(13)8-9/h3-8H,2H2,1H3. The molecule has 0 heterocycles. The number of halogens is 1. The molecular formula is C12H11Cl. The zero-order chi connectivity index (χ0) is 9.26. The van der Waals surface area contributed by atoms with Gasteiger partial charge in [0.1, 0.15) is 0 Å². The Hall–Kier alpha value is -1.01. The van der Waals surface area contributed by atoms with Crippen LogP contribution in [-0.4, -0.2) is 0 Å². The van der Waals surface area contributed by atoms with Crippen LogP contribution in [0, 0.1) is 0 Å². The minimum atomic E-state index is 0.856. The van der Waals surface area contributed by atoms with E-state index in [2.05, 4.69) is 25.1 Å². The molecule has 13 heavy (non-hydrogen) atoms. The molecule has 1 heteroatoms. The number of hydrogen-bond donors (Lipinski definition) is 0. The Balaban J connectivity index is 2.77. The summed E-state index contributed by atoms with van der Waals surface area (Å²) < 4.78 is 0. The van der Waals surface area contributed by atoms with Crippen molar-refractivity contribution >= 4 is 22.4 Å². The topological polar surface area (TPSA) is 0 Å². The van der Waals surface area contributed by atoms with E-state index in [1.807, 2.05) is 18.2 Å². The molecule has 0 spiro atoms. The Morgan fingerprint density at radius 2 is 1.92 bits per heavy atom. The van der Waals surface area contributed by atoms with Crippen LogP contribution < -0.4 is 0 Å². The van der Waals surface area contributed by atoms with Gasteiger partial charge in [-0.25, -0.2) is 0 Å². The molecule has 0 atom stereocenters. The molecule has 0 bridgehead atoms. The highest BCUT2D eigenvalue weighted by atomic mass is 35.5. The Morgan fingerprint density at radius 1 is 1.15 bits per heavy atom. The van der Waals surface area contributed by atoms with Crippen molar-refractivity contribution in [1.82, 2.24) is 0 Å². The summed E-state index contributed by atoms with van der Waals surface area (Å²) in [6.45, 7) is 2.14. The first-order chi connectivity index (χ1) is 6.31. The van der Waals surface area contributed by atoms with Gasteiger partial charge in [0.15, 0.2) is 0 Å². The van der Waals surface area contributed by atoms with E-state index in [1.165, 1.54) is 10.9 Å². The van der Waals surface area contributed by atoms with Crippen LogP contribution in [0.25, 0.3) is 10.8 Å². The second kappa shape index (κ2) is 3.39. The van der Waals surface area contributed by atoms with Crippen molar-refractivity contribution < 1.29 is 0 Å². The highest BCUT2D eigenvalue weighted by molar-refractivity contribution is 6.35. The lowest BCUT2D eigenvalue weighted by Crippen LogP contribution is -1.81. The van der Waals surface area contributed by atoms with Crippen LogP contribution in [0.15, 0.2) is 36.4 Å². The second-order valence-electron chi connectivity index (χ2n) is 3.15. The van der Waals surface area contributed by atoms with Crippen molar-refractivity contribution in [3.63, 3.8) is 0 Å². The molecule has 2 aromatic rings. The lowest BCUT2D eigenvalue weighted by molar-refractivity contribution is 1.15. The monoisotopic (exact) mass is 190 g/mol. The van der Waals surface area contributed by atoms with Crippen molar-refractivity contribution in [3.05, 3.63) is 47.0 Å². The first-order valence-corrected chi connectivity index (χ1v) is 4.86. The summed E-state index contributed by atoms with van der Waals surface area (Å²) in [7, 11) is 0. The van der Waals surface area contributed by atoms with E-state index in [1.54, 1.807) is 0 Å². The summed E-state index contributed by atoms with van der Waals surface area (Å²) in [6, 6.07) is 12.4. The van der Waals surface area contributed by atoms with Gasteiger partial charge in [0.2, 0.25) is 0 Å². The molecule has 0 radical (unpaired) electrons. The fourth-order valence-corrected chi connectivity index (χ4v) is 1.84. The van der Waals surface area contributed by atoms with E-state index in [9.17, 15) is 0 Å². The van der Waals surface area contributed by atoms with Gasteiger partial charge in [0.05, 0.1) is 0 Å². The van der Waals surface area contributed by atoms with E-state index in [0.29, 0.717) is 0 Å². The van der Waals surface area contributed by atoms with Crippen molar-refractivity contribution in [2.75, 3.05) is 0 Å². The van der Waals surface area contributed by atoms with Crippen LogP contribution in [0.4, 0.5) is 0 Å². The Bertz CT molecular complexity index is 432. The maximum Gasteiger partial charge on any atom is 0.0487 e. The van der Waals surface area contributed by atoms with Gasteiger partial charge in [-0.15, -0.1) is 0 Å². The van der Waals surface area contributed by atoms with E-state index < -0.39 is 0 Å². The summed E-state index contributed by atoms with van der Waals surface area (Å²) in [5.74, 6) is 0.